The molecular weight excluding hydrogens is 252 g/mol. The molecule has 102 valence electrons. The third kappa shape index (κ3) is 1.76. The van der Waals surface area contributed by atoms with Gasteiger partial charge in [-0.1, -0.05) is 66.7 Å². The van der Waals surface area contributed by atoms with Gasteiger partial charge in [-0.2, -0.15) is 0 Å². The summed E-state index contributed by atoms with van der Waals surface area (Å²) in [5, 5.41) is 2.61. The van der Waals surface area contributed by atoms with Crippen LogP contribution in [0.4, 0.5) is 0 Å². The van der Waals surface area contributed by atoms with E-state index in [0.29, 0.717) is 0 Å². The second-order valence-electron chi connectivity index (χ2n) is 6.14. The molecule has 1 aliphatic rings. The highest BCUT2D eigenvalue weighted by Gasteiger charge is 2.33. The number of benzene rings is 3. The van der Waals surface area contributed by atoms with E-state index in [1.807, 2.05) is 0 Å². The lowest BCUT2D eigenvalue weighted by atomic mass is 9.77. The van der Waals surface area contributed by atoms with Crippen LogP contribution < -0.4 is 0 Å². The Balaban J connectivity index is 1.96. The molecule has 0 aliphatic heterocycles. The molecule has 0 radical (unpaired) electrons. The Kier molecular flexibility index (Phi) is 2.56. The highest BCUT2D eigenvalue weighted by molar-refractivity contribution is 5.85. The maximum atomic E-state index is 2.40. The number of hydrogen-bond donors (Lipinski definition) is 0. The van der Waals surface area contributed by atoms with Gasteiger partial charge in [-0.3, -0.25) is 0 Å². The van der Waals surface area contributed by atoms with Crippen LogP contribution >= 0.6 is 0 Å². The van der Waals surface area contributed by atoms with Crippen LogP contribution in [-0.2, 0) is 5.41 Å². The summed E-state index contributed by atoms with van der Waals surface area (Å²) in [6.07, 6.45) is 2.40. The molecule has 0 amide bonds. The monoisotopic (exact) mass is 270 g/mol. The molecule has 0 bridgehead atoms. The van der Waals surface area contributed by atoms with E-state index in [0.717, 1.165) is 0 Å². The van der Waals surface area contributed by atoms with Crippen molar-refractivity contribution in [3.05, 3.63) is 89.5 Å². The molecule has 1 aliphatic carbocycles. The number of allylic oxidation sites excluding steroid dienone is 2. The molecule has 0 heterocycles. The van der Waals surface area contributed by atoms with Gasteiger partial charge in [0.25, 0.3) is 0 Å². The van der Waals surface area contributed by atoms with Gasteiger partial charge in [0.15, 0.2) is 0 Å². The topological polar surface area (TPSA) is 0 Å². The molecule has 1 unspecified atom stereocenters. The minimum atomic E-state index is -0.0231. The molecule has 4 rings (SSSR count). The van der Waals surface area contributed by atoms with Gasteiger partial charge >= 0.3 is 0 Å². The van der Waals surface area contributed by atoms with Crippen LogP contribution in [0.1, 0.15) is 30.5 Å². The van der Waals surface area contributed by atoms with Crippen LogP contribution in [0, 0.1) is 0 Å². The Morgan fingerprint density at radius 2 is 1.48 bits per heavy atom. The first-order chi connectivity index (χ1) is 10.2. The van der Waals surface area contributed by atoms with E-state index >= 15 is 0 Å². The predicted molar refractivity (Wildman–Crippen MR) is 90.5 cm³/mol. The summed E-state index contributed by atoms with van der Waals surface area (Å²) in [7, 11) is 0. The summed E-state index contributed by atoms with van der Waals surface area (Å²) in [5.74, 6) is 0. The molecule has 0 saturated carbocycles. The predicted octanol–water partition coefficient (Wildman–Crippen LogP) is 5.56. The molecule has 0 aromatic heterocycles. The molecule has 3 aromatic carbocycles. The van der Waals surface area contributed by atoms with Crippen LogP contribution in [-0.4, -0.2) is 0 Å². The third-order valence-corrected chi connectivity index (χ3v) is 4.77. The summed E-state index contributed by atoms with van der Waals surface area (Å²) in [5.41, 5.74) is 5.52. The lowest BCUT2D eigenvalue weighted by Gasteiger charge is -2.25. The molecule has 3 aromatic rings. The van der Waals surface area contributed by atoms with E-state index in [9.17, 15) is 0 Å². The van der Waals surface area contributed by atoms with E-state index in [4.69, 9.17) is 0 Å². The average molecular weight is 270 g/mol. The molecule has 0 saturated heterocycles. The van der Waals surface area contributed by atoms with E-state index in [-0.39, 0.29) is 5.41 Å². The van der Waals surface area contributed by atoms with Gasteiger partial charge < -0.3 is 0 Å². The molecule has 1 atom stereocenters. The first-order valence-electron chi connectivity index (χ1n) is 7.47. The van der Waals surface area contributed by atoms with Gasteiger partial charge in [0.2, 0.25) is 0 Å². The first kappa shape index (κ1) is 12.4. The van der Waals surface area contributed by atoms with Crippen molar-refractivity contribution in [2.45, 2.75) is 19.3 Å². The van der Waals surface area contributed by atoms with Crippen molar-refractivity contribution >= 4 is 16.3 Å². The Hall–Kier alpha value is -2.34. The standard InChI is InChI=1S/C21H18/c1-15-14-21(2,20-10-6-5-9-19(15)20)18-12-11-16-7-3-4-8-17(16)13-18/h3-14H,1-2H3. The fourth-order valence-corrected chi connectivity index (χ4v) is 3.62. The smallest absolute Gasteiger partial charge is 0.0365 e. The fraction of sp³-hybridized carbons (Fsp3) is 0.143. The Bertz CT molecular complexity index is 870. The van der Waals surface area contributed by atoms with Crippen molar-refractivity contribution in [2.24, 2.45) is 0 Å². The van der Waals surface area contributed by atoms with Gasteiger partial charge in [0, 0.05) is 5.41 Å². The zero-order chi connectivity index (χ0) is 14.4. The highest BCUT2D eigenvalue weighted by Crippen LogP contribution is 2.45. The van der Waals surface area contributed by atoms with Gasteiger partial charge in [-0.25, -0.2) is 0 Å². The molecule has 0 nitrogen and oxygen atoms in total. The van der Waals surface area contributed by atoms with Gasteiger partial charge in [-0.05, 0) is 52.9 Å². The Labute approximate surface area is 125 Å². The van der Waals surface area contributed by atoms with Crippen molar-refractivity contribution in [3.63, 3.8) is 0 Å². The number of rotatable bonds is 1. The van der Waals surface area contributed by atoms with Crippen LogP contribution in [0.15, 0.2) is 72.8 Å². The molecular formula is C21H18. The van der Waals surface area contributed by atoms with Crippen molar-refractivity contribution in [1.29, 1.82) is 0 Å². The third-order valence-electron chi connectivity index (χ3n) is 4.77. The summed E-state index contributed by atoms with van der Waals surface area (Å²) in [6.45, 7) is 4.54. The van der Waals surface area contributed by atoms with Crippen molar-refractivity contribution in [2.75, 3.05) is 0 Å². The minimum Gasteiger partial charge on any atom is -0.0663 e. The maximum Gasteiger partial charge on any atom is 0.0365 e. The van der Waals surface area contributed by atoms with Gasteiger partial charge in [0.05, 0.1) is 0 Å². The Morgan fingerprint density at radius 3 is 2.33 bits per heavy atom. The first-order valence-corrected chi connectivity index (χ1v) is 7.47. The summed E-state index contributed by atoms with van der Waals surface area (Å²) in [6, 6.07) is 24.2. The van der Waals surface area contributed by atoms with Gasteiger partial charge in [0.1, 0.15) is 0 Å². The zero-order valence-corrected chi connectivity index (χ0v) is 12.4. The van der Waals surface area contributed by atoms with E-state index in [1.54, 1.807) is 0 Å². The second kappa shape index (κ2) is 4.33. The maximum absolute atomic E-state index is 2.40. The zero-order valence-electron chi connectivity index (χ0n) is 12.4. The fourth-order valence-electron chi connectivity index (χ4n) is 3.62. The van der Waals surface area contributed by atoms with Crippen LogP contribution in [0.3, 0.4) is 0 Å². The highest BCUT2D eigenvalue weighted by atomic mass is 14.4. The van der Waals surface area contributed by atoms with Crippen LogP contribution in [0.25, 0.3) is 16.3 Å². The summed E-state index contributed by atoms with van der Waals surface area (Å²) < 4.78 is 0. The molecule has 21 heavy (non-hydrogen) atoms. The van der Waals surface area contributed by atoms with E-state index < -0.39 is 0 Å². The summed E-state index contributed by atoms with van der Waals surface area (Å²) in [4.78, 5) is 0. The molecule has 0 spiro atoms. The largest absolute Gasteiger partial charge is 0.0663 e. The van der Waals surface area contributed by atoms with Crippen molar-refractivity contribution in [3.8, 4) is 0 Å². The van der Waals surface area contributed by atoms with E-state index in [1.165, 1.54) is 33.0 Å². The molecule has 0 N–H and O–H groups in total. The SMILES string of the molecule is CC1=CC(C)(c2ccc3ccccc3c2)c2ccccc21. The lowest BCUT2D eigenvalue weighted by molar-refractivity contribution is 0.739. The van der Waals surface area contributed by atoms with Crippen molar-refractivity contribution < 1.29 is 0 Å². The average Bonchev–Trinajstić information content (AvgIpc) is 2.80. The second-order valence-corrected chi connectivity index (χ2v) is 6.14. The minimum absolute atomic E-state index is 0.0231. The number of fused-ring (bicyclic) bond motifs is 2. The Morgan fingerprint density at radius 1 is 0.762 bits per heavy atom. The normalized spacial score (nSPS) is 20.4. The van der Waals surface area contributed by atoms with Gasteiger partial charge in [-0.15, -0.1) is 0 Å². The number of hydrogen-bond acceptors (Lipinski definition) is 0. The van der Waals surface area contributed by atoms with Crippen LogP contribution in [0.2, 0.25) is 0 Å². The van der Waals surface area contributed by atoms with Crippen LogP contribution in [0.5, 0.6) is 0 Å². The van der Waals surface area contributed by atoms with E-state index in [2.05, 4.69) is 86.7 Å². The molecule has 0 heteroatoms. The van der Waals surface area contributed by atoms with Crippen molar-refractivity contribution in [1.82, 2.24) is 0 Å². The molecule has 0 fully saturated rings. The quantitative estimate of drug-likeness (QED) is 0.543. The lowest BCUT2D eigenvalue weighted by Crippen LogP contribution is -2.18. The summed E-state index contributed by atoms with van der Waals surface area (Å²) >= 11 is 0.